The smallest absolute Gasteiger partial charge is 0.327 e. The zero-order chi connectivity index (χ0) is 18.4. The van der Waals surface area contributed by atoms with Gasteiger partial charge in [-0.2, -0.15) is 0 Å². The molecule has 11 heteroatoms. The van der Waals surface area contributed by atoms with Gasteiger partial charge in [-0.25, -0.2) is 4.79 Å². The predicted molar refractivity (Wildman–Crippen MR) is 84.7 cm³/mol. The van der Waals surface area contributed by atoms with Gasteiger partial charge in [0.1, 0.15) is 23.7 Å². The van der Waals surface area contributed by atoms with E-state index in [0.29, 0.717) is 0 Å². The molecule has 0 unspecified atom stereocenters. The summed E-state index contributed by atoms with van der Waals surface area (Å²) >= 11 is 0. The standard InChI is InChI=1S/C13H20N4O7/c1-5(2)11(22)15-8-10(16-13(24)17-12(8)23)14-3-6(19)9(21)7(20)4-18/h6-7,9,18-21H,1,3-4H2,2H3,(H,15,22)(H3,14,16,17,23,24)/t6-,7+,9-/m0/s1. The summed E-state index contributed by atoms with van der Waals surface area (Å²) in [6.45, 7) is 3.67. The minimum atomic E-state index is -1.66. The number of hydrogen-bond donors (Lipinski definition) is 8. The summed E-state index contributed by atoms with van der Waals surface area (Å²) in [5.41, 5.74) is -1.94. The van der Waals surface area contributed by atoms with Gasteiger partial charge >= 0.3 is 5.69 Å². The second-order valence-electron chi connectivity index (χ2n) is 5.08. The van der Waals surface area contributed by atoms with E-state index >= 15 is 0 Å². The average Bonchev–Trinajstić information content (AvgIpc) is 2.53. The Labute approximate surface area is 135 Å². The molecule has 0 aromatic carbocycles. The van der Waals surface area contributed by atoms with Crippen LogP contribution in [-0.4, -0.2) is 67.8 Å². The van der Waals surface area contributed by atoms with E-state index in [1.165, 1.54) is 6.92 Å². The van der Waals surface area contributed by atoms with E-state index in [2.05, 4.69) is 22.2 Å². The molecule has 0 fully saturated rings. The lowest BCUT2D eigenvalue weighted by Crippen LogP contribution is -2.43. The van der Waals surface area contributed by atoms with Crippen LogP contribution < -0.4 is 21.9 Å². The molecule has 24 heavy (non-hydrogen) atoms. The van der Waals surface area contributed by atoms with Gasteiger partial charge < -0.3 is 31.1 Å². The van der Waals surface area contributed by atoms with E-state index in [0.717, 1.165) is 0 Å². The second-order valence-corrected chi connectivity index (χ2v) is 5.08. The van der Waals surface area contributed by atoms with Crippen LogP contribution in [0, 0.1) is 0 Å². The number of amides is 1. The molecule has 0 saturated carbocycles. The van der Waals surface area contributed by atoms with E-state index in [1.54, 1.807) is 0 Å². The van der Waals surface area contributed by atoms with Crippen molar-refractivity contribution in [2.24, 2.45) is 0 Å². The molecule has 1 rings (SSSR count). The van der Waals surface area contributed by atoms with Crippen molar-refractivity contribution in [1.29, 1.82) is 0 Å². The van der Waals surface area contributed by atoms with Crippen molar-refractivity contribution < 1.29 is 25.2 Å². The lowest BCUT2D eigenvalue weighted by atomic mass is 10.1. The van der Waals surface area contributed by atoms with Gasteiger partial charge in [-0.3, -0.25) is 19.6 Å². The summed E-state index contributed by atoms with van der Waals surface area (Å²) in [5.74, 6) is -0.866. The van der Waals surface area contributed by atoms with Crippen LogP contribution in [-0.2, 0) is 4.79 Å². The van der Waals surface area contributed by atoms with Crippen LogP contribution in [0.25, 0.3) is 0 Å². The lowest BCUT2D eigenvalue weighted by molar-refractivity contribution is -0.112. The maximum atomic E-state index is 11.8. The maximum absolute atomic E-state index is 11.8. The van der Waals surface area contributed by atoms with E-state index < -0.39 is 48.6 Å². The van der Waals surface area contributed by atoms with Gasteiger partial charge in [0.25, 0.3) is 11.5 Å². The molecule has 134 valence electrons. The zero-order valence-electron chi connectivity index (χ0n) is 12.9. The minimum absolute atomic E-state index is 0.119. The van der Waals surface area contributed by atoms with Crippen molar-refractivity contribution in [2.45, 2.75) is 25.2 Å². The largest absolute Gasteiger partial charge is 0.394 e. The molecule has 1 amide bonds. The number of hydrogen-bond acceptors (Lipinski definition) is 8. The molecule has 11 nitrogen and oxygen atoms in total. The fourth-order valence-electron chi connectivity index (χ4n) is 1.65. The summed E-state index contributed by atoms with van der Waals surface area (Å²) < 4.78 is 0. The summed E-state index contributed by atoms with van der Waals surface area (Å²) in [6, 6.07) is 0. The molecule has 0 saturated heterocycles. The number of carbonyl (C=O) groups is 1. The first-order valence-electron chi connectivity index (χ1n) is 6.89. The Morgan fingerprint density at radius 1 is 1.21 bits per heavy atom. The number of nitrogens with one attached hydrogen (secondary N) is 4. The average molecular weight is 344 g/mol. The maximum Gasteiger partial charge on any atom is 0.327 e. The number of anilines is 2. The Hall–Kier alpha value is -2.47. The molecular weight excluding hydrogens is 324 g/mol. The number of aliphatic hydroxyl groups is 4. The van der Waals surface area contributed by atoms with Gasteiger partial charge in [0.2, 0.25) is 0 Å². The summed E-state index contributed by atoms with van der Waals surface area (Å²) in [4.78, 5) is 39.0. The molecule has 0 aliphatic rings. The van der Waals surface area contributed by atoms with Crippen molar-refractivity contribution >= 4 is 17.4 Å². The third kappa shape index (κ3) is 5.03. The highest BCUT2D eigenvalue weighted by Gasteiger charge is 2.24. The monoisotopic (exact) mass is 344 g/mol. The molecule has 0 aliphatic heterocycles. The SMILES string of the molecule is C=C(C)C(=O)Nc1c(NC[C@H](O)[C@H](O)[C@H](O)CO)[nH]c(=O)[nH]c1=O. The fourth-order valence-corrected chi connectivity index (χ4v) is 1.65. The van der Waals surface area contributed by atoms with Gasteiger partial charge in [-0.05, 0) is 6.92 Å². The van der Waals surface area contributed by atoms with Crippen molar-refractivity contribution in [2.75, 3.05) is 23.8 Å². The van der Waals surface area contributed by atoms with Crippen molar-refractivity contribution in [3.05, 3.63) is 33.0 Å². The molecular formula is C13H20N4O7. The van der Waals surface area contributed by atoms with Crippen LogP contribution in [0.2, 0.25) is 0 Å². The number of aromatic nitrogens is 2. The third-order valence-electron chi connectivity index (χ3n) is 3.03. The number of H-pyrrole nitrogens is 2. The predicted octanol–water partition coefficient (Wildman–Crippen LogP) is -2.94. The quantitative estimate of drug-likeness (QED) is 0.230. The first-order chi connectivity index (χ1) is 11.2. The first kappa shape index (κ1) is 19.6. The van der Waals surface area contributed by atoms with Crippen molar-refractivity contribution in [3.63, 3.8) is 0 Å². The summed E-state index contributed by atoms with van der Waals surface area (Å²) in [5, 5.41) is 41.9. The normalized spacial score (nSPS) is 14.5. The van der Waals surface area contributed by atoms with Crippen LogP contribution in [0.15, 0.2) is 21.7 Å². The second kappa shape index (κ2) is 8.40. The van der Waals surface area contributed by atoms with Crippen molar-refractivity contribution in [1.82, 2.24) is 9.97 Å². The van der Waals surface area contributed by atoms with Gasteiger partial charge in [0.15, 0.2) is 0 Å². The Balaban J connectivity index is 2.98. The molecule has 0 bridgehead atoms. The Morgan fingerprint density at radius 3 is 2.38 bits per heavy atom. The first-order valence-corrected chi connectivity index (χ1v) is 6.89. The van der Waals surface area contributed by atoms with Crippen LogP contribution >= 0.6 is 0 Å². The molecule has 3 atom stereocenters. The van der Waals surface area contributed by atoms with Crippen LogP contribution in [0.4, 0.5) is 11.5 Å². The molecule has 0 spiro atoms. The topological polar surface area (TPSA) is 188 Å². The van der Waals surface area contributed by atoms with Gasteiger partial charge in [0.05, 0.1) is 12.7 Å². The lowest BCUT2D eigenvalue weighted by Gasteiger charge is -2.22. The fraction of sp³-hybridized carbons (Fsp3) is 0.462. The Bertz CT molecular complexity index is 711. The summed E-state index contributed by atoms with van der Waals surface area (Å²) in [6.07, 6.45) is -4.76. The highest BCUT2D eigenvalue weighted by molar-refractivity contribution is 6.04. The van der Waals surface area contributed by atoms with Crippen LogP contribution in [0.1, 0.15) is 6.92 Å². The number of rotatable bonds is 8. The number of aliphatic hydroxyl groups excluding tert-OH is 4. The van der Waals surface area contributed by atoms with Crippen LogP contribution in [0.3, 0.4) is 0 Å². The minimum Gasteiger partial charge on any atom is -0.394 e. The van der Waals surface area contributed by atoms with Crippen LogP contribution in [0.5, 0.6) is 0 Å². The van der Waals surface area contributed by atoms with E-state index in [1.807, 2.05) is 4.98 Å². The molecule has 0 radical (unpaired) electrons. The Morgan fingerprint density at radius 2 is 1.83 bits per heavy atom. The van der Waals surface area contributed by atoms with E-state index in [-0.39, 0.29) is 17.1 Å². The van der Waals surface area contributed by atoms with E-state index in [9.17, 15) is 29.7 Å². The molecule has 1 heterocycles. The Kier molecular flexibility index (Phi) is 6.85. The van der Waals surface area contributed by atoms with E-state index in [4.69, 9.17) is 5.11 Å². The molecule has 0 aliphatic carbocycles. The number of aromatic amines is 2. The highest BCUT2D eigenvalue weighted by Crippen LogP contribution is 2.13. The summed E-state index contributed by atoms with van der Waals surface area (Å²) in [7, 11) is 0. The molecule has 8 N–H and O–H groups in total. The number of carbonyl (C=O) groups excluding carboxylic acids is 1. The molecule has 1 aromatic rings. The van der Waals surface area contributed by atoms with Gasteiger partial charge in [-0.15, -0.1) is 0 Å². The van der Waals surface area contributed by atoms with Gasteiger partial charge in [0, 0.05) is 12.1 Å². The third-order valence-corrected chi connectivity index (χ3v) is 3.03. The van der Waals surface area contributed by atoms with Gasteiger partial charge in [-0.1, -0.05) is 6.58 Å². The zero-order valence-corrected chi connectivity index (χ0v) is 12.9. The highest BCUT2D eigenvalue weighted by atomic mass is 16.4. The van der Waals surface area contributed by atoms with Crippen molar-refractivity contribution in [3.8, 4) is 0 Å². The molecule has 1 aromatic heterocycles.